The van der Waals surface area contributed by atoms with Gasteiger partial charge in [0.15, 0.2) is 0 Å². The minimum atomic E-state index is -0.660. The maximum Gasteiger partial charge on any atom is 0.257 e. The van der Waals surface area contributed by atoms with E-state index in [0.717, 1.165) is 11.6 Å². The van der Waals surface area contributed by atoms with Crippen LogP contribution in [-0.4, -0.2) is 48.0 Å². The van der Waals surface area contributed by atoms with Gasteiger partial charge in [-0.15, -0.1) is 0 Å². The third-order valence-corrected chi connectivity index (χ3v) is 6.58. The minimum absolute atomic E-state index is 0.122. The predicted molar refractivity (Wildman–Crippen MR) is 119 cm³/mol. The molecule has 0 aromatic heterocycles. The molecule has 2 aliphatic heterocycles. The van der Waals surface area contributed by atoms with Gasteiger partial charge in [-0.3, -0.25) is 9.69 Å². The number of nitrogens with zero attached hydrogens (tertiary/aromatic N) is 2. The summed E-state index contributed by atoms with van der Waals surface area (Å²) in [5, 5.41) is 0.709. The number of carbonyl (C=O) groups is 1. The number of ether oxygens (including phenoxy) is 1. The van der Waals surface area contributed by atoms with Gasteiger partial charge in [0.1, 0.15) is 23.5 Å². The first-order valence-corrected chi connectivity index (χ1v) is 10.8. The van der Waals surface area contributed by atoms with Crippen molar-refractivity contribution in [1.82, 2.24) is 9.80 Å². The molecule has 0 saturated carbocycles. The van der Waals surface area contributed by atoms with Crippen molar-refractivity contribution >= 4 is 17.5 Å². The van der Waals surface area contributed by atoms with Gasteiger partial charge in [0.25, 0.3) is 5.91 Å². The van der Waals surface area contributed by atoms with Crippen LogP contribution in [0, 0.1) is 11.6 Å². The Morgan fingerprint density at radius 1 is 1.03 bits per heavy atom. The second-order valence-electron chi connectivity index (χ2n) is 8.26. The van der Waals surface area contributed by atoms with Crippen LogP contribution in [0.25, 0.3) is 11.1 Å². The molecular formula is C25H21ClF2N2O2. The first kappa shape index (κ1) is 20.9. The van der Waals surface area contributed by atoms with Crippen molar-refractivity contribution in [1.29, 1.82) is 0 Å². The molecule has 0 radical (unpaired) electrons. The Morgan fingerprint density at radius 2 is 1.81 bits per heavy atom. The summed E-state index contributed by atoms with van der Waals surface area (Å²) in [6, 6.07) is 16.0. The molecule has 7 heteroatoms. The molecule has 0 spiro atoms. The average molecular weight is 455 g/mol. The fourth-order valence-corrected chi connectivity index (χ4v) is 4.70. The highest BCUT2D eigenvalue weighted by Crippen LogP contribution is 2.35. The van der Waals surface area contributed by atoms with E-state index in [4.69, 9.17) is 16.3 Å². The van der Waals surface area contributed by atoms with E-state index in [9.17, 15) is 13.6 Å². The van der Waals surface area contributed by atoms with Crippen LogP contribution in [-0.2, 0) is 6.54 Å². The number of rotatable bonds is 3. The van der Waals surface area contributed by atoms with Crippen molar-refractivity contribution in [3.8, 4) is 16.9 Å². The third kappa shape index (κ3) is 3.74. The number of fused-ring (bicyclic) bond motifs is 2. The van der Waals surface area contributed by atoms with E-state index in [1.54, 1.807) is 30.1 Å². The Labute approximate surface area is 190 Å². The number of carbonyl (C=O) groups excluding carboxylic acids is 1. The van der Waals surface area contributed by atoms with Gasteiger partial charge < -0.3 is 9.64 Å². The van der Waals surface area contributed by atoms with Gasteiger partial charge >= 0.3 is 0 Å². The molecule has 164 valence electrons. The van der Waals surface area contributed by atoms with Crippen LogP contribution < -0.4 is 4.74 Å². The largest absolute Gasteiger partial charge is 0.486 e. The maximum atomic E-state index is 14.3. The van der Waals surface area contributed by atoms with E-state index < -0.39 is 11.6 Å². The molecule has 0 unspecified atom stereocenters. The van der Waals surface area contributed by atoms with Crippen molar-refractivity contribution in [2.45, 2.75) is 18.7 Å². The van der Waals surface area contributed by atoms with Gasteiger partial charge in [0, 0.05) is 43.3 Å². The summed E-state index contributed by atoms with van der Waals surface area (Å²) in [6.07, 6.45) is -0.235. The van der Waals surface area contributed by atoms with Crippen LogP contribution in [0.4, 0.5) is 8.78 Å². The monoisotopic (exact) mass is 454 g/mol. The molecule has 1 fully saturated rings. The Kier molecular flexibility index (Phi) is 5.35. The smallest absolute Gasteiger partial charge is 0.257 e. The lowest BCUT2D eigenvalue weighted by Gasteiger charge is -2.25. The molecule has 32 heavy (non-hydrogen) atoms. The van der Waals surface area contributed by atoms with Crippen LogP contribution in [0.5, 0.6) is 5.75 Å². The highest BCUT2D eigenvalue weighted by molar-refractivity contribution is 6.31. The molecule has 2 atom stereocenters. The summed E-state index contributed by atoms with van der Waals surface area (Å²) in [7, 11) is 1.78. The zero-order chi connectivity index (χ0) is 22.4. The molecule has 3 aromatic rings. The number of amides is 1. The lowest BCUT2D eigenvalue weighted by molar-refractivity contribution is 0.0682. The molecule has 5 rings (SSSR count). The molecule has 1 saturated heterocycles. The van der Waals surface area contributed by atoms with Crippen molar-refractivity contribution in [2.75, 3.05) is 20.1 Å². The lowest BCUT2D eigenvalue weighted by atomic mass is 10.0. The third-order valence-electron chi connectivity index (χ3n) is 6.21. The summed E-state index contributed by atoms with van der Waals surface area (Å²) >= 11 is 6.32. The summed E-state index contributed by atoms with van der Waals surface area (Å²) in [5.74, 6) is -1.03. The topological polar surface area (TPSA) is 32.8 Å². The molecule has 0 N–H and O–H groups in total. The molecule has 2 heterocycles. The van der Waals surface area contributed by atoms with E-state index in [1.807, 2.05) is 24.3 Å². The minimum Gasteiger partial charge on any atom is -0.486 e. The molecule has 4 nitrogen and oxygen atoms in total. The van der Waals surface area contributed by atoms with Crippen molar-refractivity contribution in [3.05, 3.63) is 88.4 Å². The number of benzene rings is 3. The quantitative estimate of drug-likeness (QED) is 0.558. The SMILES string of the molecule is CN1C(=O)c2ccc(-c3ccc(F)cc3F)cc2O[C@H]2CN(Cc3ccccc3Cl)C[C@H]21. The van der Waals surface area contributed by atoms with Crippen LogP contribution in [0.3, 0.4) is 0 Å². The second-order valence-corrected chi connectivity index (χ2v) is 8.67. The van der Waals surface area contributed by atoms with Crippen molar-refractivity contribution in [3.63, 3.8) is 0 Å². The van der Waals surface area contributed by atoms with E-state index in [1.165, 1.54) is 12.1 Å². The van der Waals surface area contributed by atoms with Gasteiger partial charge in [-0.2, -0.15) is 0 Å². The summed E-state index contributed by atoms with van der Waals surface area (Å²) in [5.41, 5.74) is 2.24. The van der Waals surface area contributed by atoms with E-state index in [0.29, 0.717) is 41.5 Å². The maximum absolute atomic E-state index is 14.3. The Bertz CT molecular complexity index is 1200. The van der Waals surface area contributed by atoms with Crippen LogP contribution in [0.2, 0.25) is 5.02 Å². The molecular weight excluding hydrogens is 434 g/mol. The molecule has 0 bridgehead atoms. The van der Waals surface area contributed by atoms with Gasteiger partial charge in [-0.25, -0.2) is 8.78 Å². The standard InChI is InChI=1S/C25H21ClF2N2O2/c1-29-22-13-30(12-16-4-2-3-5-20(16)26)14-24(22)32-23-10-15(6-8-19(23)25(29)31)18-9-7-17(27)11-21(18)28/h2-11,22,24H,12-14H2,1H3/t22-,24+/m1/s1. The first-order valence-electron chi connectivity index (χ1n) is 10.4. The zero-order valence-corrected chi connectivity index (χ0v) is 18.2. The molecule has 0 aliphatic carbocycles. The fraction of sp³-hybridized carbons (Fsp3) is 0.240. The number of likely N-dealkylation sites (N-methyl/N-ethyl adjacent to an activating group) is 1. The van der Waals surface area contributed by atoms with Crippen molar-refractivity contribution in [2.24, 2.45) is 0 Å². The lowest BCUT2D eigenvalue weighted by Crippen LogP contribution is -2.44. The molecule has 3 aromatic carbocycles. The zero-order valence-electron chi connectivity index (χ0n) is 17.4. The van der Waals surface area contributed by atoms with E-state index in [2.05, 4.69) is 4.90 Å². The van der Waals surface area contributed by atoms with Crippen LogP contribution in [0.15, 0.2) is 60.7 Å². The highest BCUT2D eigenvalue weighted by atomic mass is 35.5. The number of halogens is 3. The normalized spacial score (nSPS) is 20.5. The van der Waals surface area contributed by atoms with Crippen molar-refractivity contribution < 1.29 is 18.3 Å². The highest BCUT2D eigenvalue weighted by Gasteiger charge is 2.42. The summed E-state index contributed by atoms with van der Waals surface area (Å²) in [6.45, 7) is 1.94. The first-order chi connectivity index (χ1) is 15.4. The summed E-state index contributed by atoms with van der Waals surface area (Å²) < 4.78 is 34.0. The van der Waals surface area contributed by atoms with Crippen LogP contribution in [0.1, 0.15) is 15.9 Å². The van der Waals surface area contributed by atoms with Gasteiger partial charge in [0.2, 0.25) is 0 Å². The van der Waals surface area contributed by atoms with Crippen LogP contribution >= 0.6 is 11.6 Å². The Hall–Kier alpha value is -2.96. The number of hydrogen-bond donors (Lipinski definition) is 0. The Balaban J connectivity index is 1.44. The van der Waals surface area contributed by atoms with Gasteiger partial charge in [0.05, 0.1) is 11.6 Å². The second kappa shape index (κ2) is 8.19. The van der Waals surface area contributed by atoms with Gasteiger partial charge in [-0.1, -0.05) is 35.9 Å². The molecule has 1 amide bonds. The van der Waals surface area contributed by atoms with E-state index in [-0.39, 0.29) is 23.6 Å². The number of hydrogen-bond acceptors (Lipinski definition) is 3. The van der Waals surface area contributed by atoms with Gasteiger partial charge in [-0.05, 0) is 41.5 Å². The Morgan fingerprint density at radius 3 is 2.59 bits per heavy atom. The molecule has 2 aliphatic rings. The predicted octanol–water partition coefficient (Wildman–Crippen LogP) is 5.00. The fourth-order valence-electron chi connectivity index (χ4n) is 4.51. The van der Waals surface area contributed by atoms with E-state index >= 15 is 0 Å². The summed E-state index contributed by atoms with van der Waals surface area (Å²) in [4.78, 5) is 17.1. The number of likely N-dealkylation sites (tertiary alicyclic amines) is 1. The average Bonchev–Trinajstić information content (AvgIpc) is 3.12.